The fourth-order valence-electron chi connectivity index (χ4n) is 5.51. The van der Waals surface area contributed by atoms with Gasteiger partial charge in [0.25, 0.3) is 16.1 Å². The number of likely N-dealkylation sites (tertiary alicyclic amines) is 2. The van der Waals surface area contributed by atoms with Crippen molar-refractivity contribution in [2.45, 2.75) is 62.5 Å². The highest BCUT2D eigenvalue weighted by atomic mass is 32.2. The summed E-state index contributed by atoms with van der Waals surface area (Å²) >= 11 is 0. The number of halogens is 3. The van der Waals surface area contributed by atoms with Gasteiger partial charge in [0.2, 0.25) is 0 Å². The minimum Gasteiger partial charge on any atom is -0.378 e. The van der Waals surface area contributed by atoms with E-state index < -0.39 is 34.7 Å². The summed E-state index contributed by atoms with van der Waals surface area (Å²) in [4.78, 5) is 15.7. The maximum atomic E-state index is 13.7. The fraction of sp³-hybridized carbons (Fsp3) is 0.720. The van der Waals surface area contributed by atoms with Crippen molar-refractivity contribution in [3.8, 4) is 0 Å². The molecule has 1 aromatic rings. The van der Waals surface area contributed by atoms with E-state index >= 15 is 0 Å². The third-order valence-corrected chi connectivity index (χ3v) is 9.33. The molecule has 2 amide bonds. The Labute approximate surface area is 217 Å². The molecule has 2 saturated heterocycles. The van der Waals surface area contributed by atoms with Gasteiger partial charge in [-0.25, -0.2) is 18.0 Å². The van der Waals surface area contributed by atoms with Crippen LogP contribution in [0.5, 0.6) is 0 Å². The van der Waals surface area contributed by atoms with E-state index in [1.807, 2.05) is 6.07 Å². The highest BCUT2D eigenvalue weighted by molar-refractivity contribution is 7.87. The molecule has 1 aromatic carbocycles. The molecular weight excluding hydrogens is 509 g/mol. The molecule has 0 radical (unpaired) electrons. The SMILES string of the molecule is CN(C)S(=O)(=O)NC1CCN(C(=O)N2CCC(F)(F)C2)CC1COC1CCC(c2cccc(F)c2)CC1. The van der Waals surface area contributed by atoms with E-state index in [4.69, 9.17) is 4.74 Å². The Morgan fingerprint density at radius 1 is 1.14 bits per heavy atom. The molecule has 37 heavy (non-hydrogen) atoms. The zero-order valence-electron chi connectivity index (χ0n) is 21.4. The second kappa shape index (κ2) is 11.5. The van der Waals surface area contributed by atoms with Gasteiger partial charge < -0.3 is 14.5 Å². The van der Waals surface area contributed by atoms with Gasteiger partial charge >= 0.3 is 6.03 Å². The fourth-order valence-corrected chi connectivity index (χ4v) is 6.41. The van der Waals surface area contributed by atoms with Crippen LogP contribution in [0.3, 0.4) is 0 Å². The van der Waals surface area contributed by atoms with E-state index in [1.54, 1.807) is 12.1 Å². The lowest BCUT2D eigenvalue weighted by Crippen LogP contribution is -2.57. The third kappa shape index (κ3) is 7.15. The first-order valence-electron chi connectivity index (χ1n) is 12.9. The van der Waals surface area contributed by atoms with Crippen molar-refractivity contribution < 1.29 is 31.1 Å². The molecule has 12 heteroatoms. The highest BCUT2D eigenvalue weighted by Crippen LogP contribution is 2.35. The molecule has 1 saturated carbocycles. The molecular formula is C25H37F3N4O4S. The average Bonchev–Trinajstić information content (AvgIpc) is 3.22. The molecule has 0 aromatic heterocycles. The monoisotopic (exact) mass is 546 g/mol. The third-order valence-electron chi connectivity index (χ3n) is 7.77. The van der Waals surface area contributed by atoms with Crippen LogP contribution in [0.15, 0.2) is 24.3 Å². The molecule has 2 heterocycles. The first kappa shape index (κ1) is 28.1. The van der Waals surface area contributed by atoms with Gasteiger partial charge in [-0.1, -0.05) is 12.1 Å². The number of ether oxygens (including phenoxy) is 1. The lowest BCUT2D eigenvalue weighted by atomic mass is 9.82. The Hall–Kier alpha value is -1.89. The van der Waals surface area contributed by atoms with Crippen molar-refractivity contribution >= 4 is 16.2 Å². The Morgan fingerprint density at radius 3 is 2.49 bits per heavy atom. The molecule has 2 aliphatic heterocycles. The van der Waals surface area contributed by atoms with Gasteiger partial charge in [0, 0.05) is 52.1 Å². The van der Waals surface area contributed by atoms with Crippen molar-refractivity contribution in [3.05, 3.63) is 35.6 Å². The van der Waals surface area contributed by atoms with Gasteiger partial charge in [0.05, 0.1) is 19.3 Å². The van der Waals surface area contributed by atoms with Crippen molar-refractivity contribution in [2.75, 3.05) is 46.9 Å². The van der Waals surface area contributed by atoms with Crippen LogP contribution in [0.1, 0.15) is 50.0 Å². The zero-order chi connectivity index (χ0) is 26.8. The summed E-state index contributed by atoms with van der Waals surface area (Å²) in [7, 11) is -0.817. The summed E-state index contributed by atoms with van der Waals surface area (Å²) in [6, 6.07) is 5.80. The molecule has 0 spiro atoms. The van der Waals surface area contributed by atoms with Crippen molar-refractivity contribution in [1.29, 1.82) is 0 Å². The van der Waals surface area contributed by atoms with Crippen molar-refractivity contribution in [1.82, 2.24) is 18.8 Å². The van der Waals surface area contributed by atoms with E-state index in [-0.39, 0.29) is 56.4 Å². The second-order valence-corrected chi connectivity index (χ2v) is 12.6. The van der Waals surface area contributed by atoms with Crippen LogP contribution >= 0.6 is 0 Å². The summed E-state index contributed by atoms with van der Waals surface area (Å²) in [5.74, 6) is -3.16. The van der Waals surface area contributed by atoms with Crippen LogP contribution in [0.25, 0.3) is 0 Å². The average molecular weight is 547 g/mol. The number of hydrogen-bond acceptors (Lipinski definition) is 4. The Balaban J connectivity index is 1.36. The first-order chi connectivity index (χ1) is 17.4. The predicted octanol–water partition coefficient (Wildman–Crippen LogP) is 3.42. The number of alkyl halides is 2. The number of amides is 2. The number of rotatable bonds is 7. The lowest BCUT2D eigenvalue weighted by Gasteiger charge is -2.41. The minimum absolute atomic E-state index is 0.00867. The zero-order valence-corrected chi connectivity index (χ0v) is 22.2. The van der Waals surface area contributed by atoms with E-state index in [1.165, 1.54) is 30.0 Å². The normalized spacial score (nSPS) is 28.6. The molecule has 4 rings (SSSR count). The Morgan fingerprint density at radius 2 is 1.86 bits per heavy atom. The quantitative estimate of drug-likeness (QED) is 0.568. The van der Waals surface area contributed by atoms with Crippen LogP contribution in [-0.2, 0) is 14.9 Å². The number of nitrogens with one attached hydrogen (secondary N) is 1. The lowest BCUT2D eigenvalue weighted by molar-refractivity contribution is -0.0154. The first-order valence-corrected chi connectivity index (χ1v) is 14.4. The van der Waals surface area contributed by atoms with Gasteiger partial charge in [-0.05, 0) is 55.7 Å². The maximum absolute atomic E-state index is 13.7. The van der Waals surface area contributed by atoms with Crippen LogP contribution in [0.2, 0.25) is 0 Å². The molecule has 8 nitrogen and oxygen atoms in total. The number of carbonyl (C=O) groups excluding carboxylic acids is 1. The highest BCUT2D eigenvalue weighted by Gasteiger charge is 2.43. The topological polar surface area (TPSA) is 82.2 Å². The summed E-state index contributed by atoms with van der Waals surface area (Å²) in [5, 5.41) is 0. The Bertz CT molecular complexity index is 1050. The second-order valence-electron chi connectivity index (χ2n) is 10.7. The van der Waals surface area contributed by atoms with Gasteiger partial charge in [-0.3, -0.25) is 0 Å². The summed E-state index contributed by atoms with van der Waals surface area (Å²) < 4.78 is 76.0. The Kier molecular flexibility index (Phi) is 8.72. The van der Waals surface area contributed by atoms with E-state index in [0.29, 0.717) is 6.42 Å². The molecule has 2 unspecified atom stereocenters. The smallest absolute Gasteiger partial charge is 0.320 e. The number of carbonyl (C=O) groups is 1. The summed E-state index contributed by atoms with van der Waals surface area (Å²) in [6.07, 6.45) is 3.33. The van der Waals surface area contributed by atoms with E-state index in [2.05, 4.69) is 4.72 Å². The number of benzene rings is 1. The molecule has 3 aliphatic rings. The molecule has 208 valence electrons. The largest absolute Gasteiger partial charge is 0.378 e. The van der Waals surface area contributed by atoms with E-state index in [0.717, 1.165) is 35.6 Å². The van der Waals surface area contributed by atoms with Crippen molar-refractivity contribution in [3.63, 3.8) is 0 Å². The van der Waals surface area contributed by atoms with Crippen LogP contribution < -0.4 is 4.72 Å². The maximum Gasteiger partial charge on any atom is 0.320 e. The number of piperidine rings is 1. The molecule has 1 N–H and O–H groups in total. The van der Waals surface area contributed by atoms with Gasteiger partial charge in [0.15, 0.2) is 0 Å². The minimum atomic E-state index is -3.70. The standard InChI is InChI=1S/C25H37F3N4O4S/c1-30(2)37(34,35)29-23-10-12-31(24(33)32-13-11-25(27,28)17-32)15-20(23)16-36-22-8-6-18(7-9-22)19-4-3-5-21(26)14-19/h3-5,14,18,20,22-23,29H,6-13,15-17H2,1-2H3. The van der Waals surface area contributed by atoms with Crippen LogP contribution in [0.4, 0.5) is 18.0 Å². The van der Waals surface area contributed by atoms with Crippen molar-refractivity contribution in [2.24, 2.45) is 5.92 Å². The summed E-state index contributed by atoms with van der Waals surface area (Å²) in [5.41, 5.74) is 0.991. The van der Waals surface area contributed by atoms with Gasteiger partial charge in [-0.2, -0.15) is 17.4 Å². The summed E-state index contributed by atoms with van der Waals surface area (Å²) in [6.45, 7) is 0.163. The molecule has 2 atom stereocenters. The van der Waals surface area contributed by atoms with Gasteiger partial charge in [-0.15, -0.1) is 0 Å². The number of hydrogen-bond donors (Lipinski definition) is 1. The molecule has 1 aliphatic carbocycles. The number of urea groups is 1. The predicted molar refractivity (Wildman–Crippen MR) is 133 cm³/mol. The van der Waals surface area contributed by atoms with Crippen LogP contribution in [-0.4, -0.2) is 93.5 Å². The number of nitrogens with zero attached hydrogens (tertiary/aromatic N) is 3. The molecule has 0 bridgehead atoms. The van der Waals surface area contributed by atoms with E-state index in [9.17, 15) is 26.4 Å². The molecule has 3 fully saturated rings. The van der Waals surface area contributed by atoms with Crippen LogP contribution in [0, 0.1) is 11.7 Å². The van der Waals surface area contributed by atoms with Gasteiger partial charge in [0.1, 0.15) is 5.82 Å².